The van der Waals surface area contributed by atoms with Crippen molar-refractivity contribution in [3.8, 4) is 0 Å². The van der Waals surface area contributed by atoms with Crippen molar-refractivity contribution in [3.63, 3.8) is 0 Å². The van der Waals surface area contributed by atoms with Crippen LogP contribution < -0.4 is 20.9 Å². The average Bonchev–Trinajstić information content (AvgIpc) is 2.78. The first-order valence-electron chi connectivity index (χ1n) is 10.2. The minimum absolute atomic E-state index is 0.229. The molecule has 4 rings (SSSR count). The van der Waals surface area contributed by atoms with Gasteiger partial charge in [0.2, 0.25) is 0 Å². The molecule has 2 heterocycles. The van der Waals surface area contributed by atoms with E-state index in [0.29, 0.717) is 16.7 Å². The van der Waals surface area contributed by atoms with Gasteiger partial charge in [-0.2, -0.15) is 0 Å². The molecule has 172 valence electrons. The number of hydrogen-bond donors (Lipinski definition) is 3. The molecule has 8 nitrogen and oxygen atoms in total. The van der Waals surface area contributed by atoms with Crippen molar-refractivity contribution in [2.75, 3.05) is 54.1 Å². The van der Waals surface area contributed by atoms with Crippen LogP contribution in [0.25, 0.3) is 0 Å². The molecule has 0 bridgehead atoms. The van der Waals surface area contributed by atoms with E-state index in [1.165, 1.54) is 24.1 Å². The Morgan fingerprint density at radius 3 is 2.18 bits per heavy atom. The highest BCUT2D eigenvalue weighted by atomic mass is 35.5. The molecular formula is C22H22Cl3N7O. The van der Waals surface area contributed by atoms with Crippen LogP contribution in [0.1, 0.15) is 0 Å². The largest absolute Gasteiger partial charge is 0.369 e. The van der Waals surface area contributed by atoms with Gasteiger partial charge in [-0.25, -0.2) is 14.8 Å². The first-order chi connectivity index (χ1) is 15.9. The number of rotatable bonds is 5. The van der Waals surface area contributed by atoms with E-state index < -0.39 is 6.03 Å². The fraction of sp³-hybridized carbons (Fsp3) is 0.227. The summed E-state index contributed by atoms with van der Waals surface area (Å²) >= 11 is 18.1. The standard InChI is InChI=1S/C22H22Cl3N7O/c1-31-6-8-32(9-7-31)16-4-2-15(3-5-16)28-19-12-20(27-13-26-19)29-22(33)30-21-17(24)10-14(23)11-18(21)25/h2-5,10-13H,6-9H2,1H3,(H3,26,27,28,29,30,33). The Labute approximate surface area is 206 Å². The lowest BCUT2D eigenvalue weighted by molar-refractivity contribution is 0.262. The second-order valence-electron chi connectivity index (χ2n) is 7.57. The molecule has 1 aliphatic heterocycles. The maximum Gasteiger partial charge on any atom is 0.324 e. The van der Waals surface area contributed by atoms with Crippen molar-refractivity contribution >= 4 is 69.5 Å². The molecule has 2 amide bonds. The highest BCUT2D eigenvalue weighted by Crippen LogP contribution is 2.33. The minimum atomic E-state index is -0.553. The molecule has 11 heteroatoms. The van der Waals surface area contributed by atoms with E-state index in [4.69, 9.17) is 34.8 Å². The zero-order chi connectivity index (χ0) is 23.4. The Bertz CT molecular complexity index is 1110. The minimum Gasteiger partial charge on any atom is -0.369 e. The van der Waals surface area contributed by atoms with Crippen LogP contribution in [0.2, 0.25) is 15.1 Å². The van der Waals surface area contributed by atoms with Gasteiger partial charge in [0.15, 0.2) is 0 Å². The Hall–Kier alpha value is -2.78. The predicted molar refractivity (Wildman–Crippen MR) is 136 cm³/mol. The second kappa shape index (κ2) is 10.4. The third-order valence-corrected chi connectivity index (χ3v) is 5.98. The van der Waals surface area contributed by atoms with Crippen molar-refractivity contribution in [3.05, 3.63) is 63.9 Å². The molecule has 0 unspecified atom stereocenters. The Kier molecular flexibility index (Phi) is 7.39. The van der Waals surface area contributed by atoms with Gasteiger partial charge in [-0.15, -0.1) is 0 Å². The second-order valence-corrected chi connectivity index (χ2v) is 8.83. The molecule has 33 heavy (non-hydrogen) atoms. The van der Waals surface area contributed by atoms with Crippen molar-refractivity contribution in [2.24, 2.45) is 0 Å². The Balaban J connectivity index is 1.37. The fourth-order valence-corrected chi connectivity index (χ4v) is 4.30. The third kappa shape index (κ3) is 6.17. The van der Waals surface area contributed by atoms with Crippen LogP contribution in [-0.2, 0) is 0 Å². The summed E-state index contributed by atoms with van der Waals surface area (Å²) in [5.74, 6) is 0.843. The normalized spacial score (nSPS) is 14.1. The molecular weight excluding hydrogens is 485 g/mol. The van der Waals surface area contributed by atoms with Gasteiger partial charge in [-0.1, -0.05) is 34.8 Å². The van der Waals surface area contributed by atoms with E-state index in [2.05, 4.69) is 54.9 Å². The third-order valence-electron chi connectivity index (χ3n) is 5.16. The summed E-state index contributed by atoms with van der Waals surface area (Å²) in [5, 5.41) is 9.30. The molecule has 1 saturated heterocycles. The topological polar surface area (TPSA) is 85.4 Å². The first kappa shape index (κ1) is 23.4. The summed E-state index contributed by atoms with van der Waals surface area (Å²) in [6.45, 7) is 4.14. The summed E-state index contributed by atoms with van der Waals surface area (Å²) in [6.07, 6.45) is 1.36. The van der Waals surface area contributed by atoms with Gasteiger partial charge in [0.05, 0.1) is 15.7 Å². The zero-order valence-corrected chi connectivity index (χ0v) is 20.0. The van der Waals surface area contributed by atoms with Crippen LogP contribution in [0.4, 0.5) is 33.5 Å². The maximum atomic E-state index is 12.4. The number of nitrogens with zero attached hydrogens (tertiary/aromatic N) is 4. The molecule has 1 aliphatic rings. The smallest absolute Gasteiger partial charge is 0.324 e. The lowest BCUT2D eigenvalue weighted by Crippen LogP contribution is -2.44. The Morgan fingerprint density at radius 2 is 1.52 bits per heavy atom. The SMILES string of the molecule is CN1CCN(c2ccc(Nc3cc(NC(=O)Nc4c(Cl)cc(Cl)cc4Cl)ncn3)cc2)CC1. The van der Waals surface area contributed by atoms with E-state index in [9.17, 15) is 4.79 Å². The molecule has 3 N–H and O–H groups in total. The molecule has 0 spiro atoms. The number of aromatic nitrogens is 2. The molecule has 0 atom stereocenters. The number of halogens is 3. The summed E-state index contributed by atoms with van der Waals surface area (Å²) in [5.41, 5.74) is 2.32. The number of anilines is 5. The van der Waals surface area contributed by atoms with Crippen LogP contribution in [0, 0.1) is 0 Å². The predicted octanol–water partition coefficient (Wildman–Crippen LogP) is 5.58. The van der Waals surface area contributed by atoms with Gasteiger partial charge < -0.3 is 20.4 Å². The number of hydrogen-bond acceptors (Lipinski definition) is 6. The maximum absolute atomic E-state index is 12.4. The number of urea groups is 1. The number of benzene rings is 2. The number of piperazine rings is 1. The van der Waals surface area contributed by atoms with E-state index in [1.54, 1.807) is 6.07 Å². The monoisotopic (exact) mass is 505 g/mol. The van der Waals surface area contributed by atoms with Gasteiger partial charge in [-0.3, -0.25) is 5.32 Å². The van der Waals surface area contributed by atoms with Crippen LogP contribution in [0.3, 0.4) is 0 Å². The van der Waals surface area contributed by atoms with Gasteiger partial charge in [-0.05, 0) is 43.4 Å². The van der Waals surface area contributed by atoms with Gasteiger partial charge in [0, 0.05) is 48.6 Å². The summed E-state index contributed by atoms with van der Waals surface area (Å²) in [4.78, 5) is 25.4. The average molecular weight is 507 g/mol. The molecule has 0 aliphatic carbocycles. The zero-order valence-electron chi connectivity index (χ0n) is 17.8. The van der Waals surface area contributed by atoms with Crippen molar-refractivity contribution in [1.29, 1.82) is 0 Å². The molecule has 1 aromatic heterocycles. The van der Waals surface area contributed by atoms with Gasteiger partial charge in [0.25, 0.3) is 0 Å². The van der Waals surface area contributed by atoms with Crippen LogP contribution in [0.5, 0.6) is 0 Å². The van der Waals surface area contributed by atoms with Crippen LogP contribution >= 0.6 is 34.8 Å². The summed E-state index contributed by atoms with van der Waals surface area (Å²) in [7, 11) is 2.14. The fourth-order valence-electron chi connectivity index (χ4n) is 3.38. The van der Waals surface area contributed by atoms with Crippen LogP contribution in [0.15, 0.2) is 48.8 Å². The number of carbonyl (C=O) groups excluding carboxylic acids is 1. The Morgan fingerprint density at radius 1 is 0.879 bits per heavy atom. The number of likely N-dealkylation sites (N-methyl/N-ethyl adjacent to an activating group) is 1. The quantitative estimate of drug-likeness (QED) is 0.419. The van der Waals surface area contributed by atoms with Gasteiger partial charge >= 0.3 is 6.03 Å². The molecule has 0 radical (unpaired) electrons. The van der Waals surface area contributed by atoms with Gasteiger partial charge in [0.1, 0.15) is 18.0 Å². The highest BCUT2D eigenvalue weighted by molar-refractivity contribution is 6.42. The molecule has 2 aromatic carbocycles. The number of nitrogens with one attached hydrogen (secondary N) is 3. The van der Waals surface area contributed by atoms with Crippen molar-refractivity contribution in [1.82, 2.24) is 14.9 Å². The number of amides is 2. The summed E-state index contributed by atoms with van der Waals surface area (Å²) in [6, 6.07) is 12.2. The van der Waals surface area contributed by atoms with Crippen molar-refractivity contribution < 1.29 is 4.79 Å². The highest BCUT2D eigenvalue weighted by Gasteiger charge is 2.14. The first-order valence-corrected chi connectivity index (χ1v) is 11.4. The van der Waals surface area contributed by atoms with Crippen LogP contribution in [-0.4, -0.2) is 54.1 Å². The van der Waals surface area contributed by atoms with E-state index in [-0.39, 0.29) is 15.7 Å². The molecule has 3 aromatic rings. The molecule has 1 fully saturated rings. The van der Waals surface area contributed by atoms with E-state index in [0.717, 1.165) is 31.9 Å². The van der Waals surface area contributed by atoms with E-state index in [1.807, 2.05) is 12.1 Å². The lowest BCUT2D eigenvalue weighted by atomic mass is 10.2. The summed E-state index contributed by atoms with van der Waals surface area (Å²) < 4.78 is 0. The lowest BCUT2D eigenvalue weighted by Gasteiger charge is -2.34. The van der Waals surface area contributed by atoms with Crippen molar-refractivity contribution in [2.45, 2.75) is 0 Å². The van der Waals surface area contributed by atoms with E-state index >= 15 is 0 Å². The number of carbonyl (C=O) groups is 1. The molecule has 0 saturated carbocycles.